The largest absolute Gasteiger partial charge is 0.480 e. The van der Waals surface area contributed by atoms with Crippen LogP contribution in [0.3, 0.4) is 0 Å². The predicted molar refractivity (Wildman–Crippen MR) is 49.2 cm³/mol. The Morgan fingerprint density at radius 3 is 2.67 bits per heavy atom. The zero-order valence-corrected chi connectivity index (χ0v) is 7.97. The van der Waals surface area contributed by atoms with Crippen LogP contribution < -0.4 is 5.32 Å². The van der Waals surface area contributed by atoms with Crippen LogP contribution in [0.1, 0.15) is 17.3 Å². The van der Waals surface area contributed by atoms with Gasteiger partial charge in [-0.05, 0) is 6.92 Å². The van der Waals surface area contributed by atoms with Crippen LogP contribution in [0.15, 0.2) is 12.4 Å². The Balaban J connectivity index is 2.67. The fourth-order valence-electron chi connectivity index (χ4n) is 0.988. The number of amides is 1. The molecule has 1 aromatic heterocycles. The lowest BCUT2D eigenvalue weighted by molar-refractivity contribution is -0.141. The highest BCUT2D eigenvalue weighted by Gasteiger charge is 2.25. The molecule has 0 aromatic carbocycles. The summed E-state index contributed by atoms with van der Waals surface area (Å²) in [4.78, 5) is 22.0. The Labute approximate surface area is 85.1 Å². The molecule has 0 spiro atoms. The molecule has 15 heavy (non-hydrogen) atoms. The molecule has 0 radical (unpaired) electrons. The second-order valence-electron chi connectivity index (χ2n) is 3.02. The molecular weight excluding hydrogens is 202 g/mol. The number of nitrogens with one attached hydrogen (secondary N) is 2. The van der Waals surface area contributed by atoms with E-state index in [9.17, 15) is 9.59 Å². The highest BCUT2D eigenvalue weighted by molar-refractivity contribution is 5.96. The maximum Gasteiger partial charge on any atom is 0.328 e. The van der Waals surface area contributed by atoms with E-state index in [1.54, 1.807) is 0 Å². The van der Waals surface area contributed by atoms with Gasteiger partial charge in [0.05, 0.1) is 17.9 Å². The van der Waals surface area contributed by atoms with E-state index in [0.717, 1.165) is 0 Å². The van der Waals surface area contributed by atoms with Gasteiger partial charge in [0.25, 0.3) is 5.91 Å². The third-order valence-electron chi connectivity index (χ3n) is 1.80. The van der Waals surface area contributed by atoms with Crippen LogP contribution in [-0.2, 0) is 4.79 Å². The van der Waals surface area contributed by atoms with Crippen LogP contribution in [0.25, 0.3) is 0 Å². The van der Waals surface area contributed by atoms with Crippen LogP contribution in [0.4, 0.5) is 0 Å². The summed E-state index contributed by atoms with van der Waals surface area (Å²) < 4.78 is 0. The zero-order chi connectivity index (χ0) is 11.4. The Hall–Kier alpha value is -1.89. The number of carbonyl (C=O) groups is 2. The van der Waals surface area contributed by atoms with Gasteiger partial charge < -0.3 is 15.5 Å². The van der Waals surface area contributed by atoms with Crippen molar-refractivity contribution in [2.24, 2.45) is 0 Å². The summed E-state index contributed by atoms with van der Waals surface area (Å²) >= 11 is 0. The van der Waals surface area contributed by atoms with Gasteiger partial charge in [-0.3, -0.25) is 9.89 Å². The van der Waals surface area contributed by atoms with E-state index >= 15 is 0 Å². The maximum atomic E-state index is 11.4. The summed E-state index contributed by atoms with van der Waals surface area (Å²) in [6, 6.07) is -1.33. The number of aliphatic carboxylic acids is 1. The van der Waals surface area contributed by atoms with E-state index in [-0.39, 0.29) is 5.56 Å². The number of H-pyrrole nitrogens is 1. The topological polar surface area (TPSA) is 115 Å². The molecule has 0 unspecified atom stereocenters. The average molecular weight is 213 g/mol. The average Bonchev–Trinajstić information content (AvgIpc) is 2.65. The molecule has 1 aromatic rings. The highest BCUT2D eigenvalue weighted by Crippen LogP contribution is 1.98. The Kier molecular flexibility index (Phi) is 3.40. The van der Waals surface area contributed by atoms with Crippen molar-refractivity contribution in [2.45, 2.75) is 19.1 Å². The van der Waals surface area contributed by atoms with Crippen molar-refractivity contribution < 1.29 is 19.8 Å². The van der Waals surface area contributed by atoms with Crippen LogP contribution in [-0.4, -0.2) is 44.4 Å². The first-order valence-electron chi connectivity index (χ1n) is 4.23. The fraction of sp³-hybridized carbons (Fsp3) is 0.375. The van der Waals surface area contributed by atoms with Gasteiger partial charge in [-0.15, -0.1) is 0 Å². The summed E-state index contributed by atoms with van der Waals surface area (Å²) in [6.45, 7) is 1.29. The van der Waals surface area contributed by atoms with Crippen LogP contribution >= 0.6 is 0 Å². The number of carboxylic acid groups (broad SMARTS) is 1. The van der Waals surface area contributed by atoms with Gasteiger partial charge in [0.15, 0.2) is 6.04 Å². The molecule has 0 bridgehead atoms. The Morgan fingerprint density at radius 2 is 2.27 bits per heavy atom. The number of nitrogens with zero attached hydrogens (tertiary/aromatic N) is 1. The monoisotopic (exact) mass is 213 g/mol. The molecule has 1 amide bonds. The Bertz CT molecular complexity index is 347. The Morgan fingerprint density at radius 1 is 1.60 bits per heavy atom. The standard InChI is InChI=1S/C8H11N3O4/c1-4(12)6(8(14)15)11-7(13)5-2-9-10-3-5/h2-4,6,12H,1H3,(H,9,10)(H,11,13)(H,14,15)/t4-,6+/m1/s1. The normalized spacial score (nSPS) is 14.3. The van der Waals surface area contributed by atoms with E-state index in [2.05, 4.69) is 15.5 Å². The van der Waals surface area contributed by atoms with Gasteiger partial charge in [-0.1, -0.05) is 0 Å². The molecule has 2 atom stereocenters. The van der Waals surface area contributed by atoms with Crippen molar-refractivity contribution in [3.8, 4) is 0 Å². The molecule has 1 rings (SSSR count). The lowest BCUT2D eigenvalue weighted by Crippen LogP contribution is -2.47. The molecule has 4 N–H and O–H groups in total. The van der Waals surface area contributed by atoms with Gasteiger partial charge >= 0.3 is 5.97 Å². The number of aromatic amines is 1. The van der Waals surface area contributed by atoms with Crippen molar-refractivity contribution in [3.63, 3.8) is 0 Å². The molecular formula is C8H11N3O4. The van der Waals surface area contributed by atoms with E-state index < -0.39 is 24.0 Å². The van der Waals surface area contributed by atoms with Crippen molar-refractivity contribution in [3.05, 3.63) is 18.0 Å². The lowest BCUT2D eigenvalue weighted by atomic mass is 10.2. The minimum atomic E-state index is -1.33. The van der Waals surface area contributed by atoms with Crippen LogP contribution in [0.5, 0.6) is 0 Å². The first-order chi connectivity index (χ1) is 7.02. The number of aromatic nitrogens is 2. The minimum Gasteiger partial charge on any atom is -0.480 e. The maximum absolute atomic E-state index is 11.4. The molecule has 0 saturated heterocycles. The van der Waals surface area contributed by atoms with E-state index in [4.69, 9.17) is 10.2 Å². The van der Waals surface area contributed by atoms with Crippen molar-refractivity contribution in [1.29, 1.82) is 0 Å². The van der Waals surface area contributed by atoms with E-state index in [1.807, 2.05) is 0 Å². The molecule has 7 nitrogen and oxygen atoms in total. The number of aliphatic hydroxyl groups excluding tert-OH is 1. The van der Waals surface area contributed by atoms with Crippen LogP contribution in [0.2, 0.25) is 0 Å². The van der Waals surface area contributed by atoms with Crippen LogP contribution in [0, 0.1) is 0 Å². The van der Waals surface area contributed by atoms with Gasteiger partial charge in [0, 0.05) is 6.20 Å². The predicted octanol–water partition coefficient (Wildman–Crippen LogP) is -1.03. The summed E-state index contributed by atoms with van der Waals surface area (Å²) in [5, 5.41) is 25.9. The number of rotatable bonds is 4. The van der Waals surface area contributed by atoms with Gasteiger partial charge in [-0.2, -0.15) is 5.10 Å². The number of hydrogen-bond acceptors (Lipinski definition) is 4. The first kappa shape index (κ1) is 11.2. The lowest BCUT2D eigenvalue weighted by Gasteiger charge is -2.16. The van der Waals surface area contributed by atoms with Gasteiger partial charge in [-0.25, -0.2) is 4.79 Å². The van der Waals surface area contributed by atoms with Crippen molar-refractivity contribution in [2.75, 3.05) is 0 Å². The summed E-state index contributed by atoms with van der Waals surface area (Å²) in [6.07, 6.45) is 1.42. The molecule has 0 saturated carbocycles. The zero-order valence-electron chi connectivity index (χ0n) is 7.97. The minimum absolute atomic E-state index is 0.210. The molecule has 82 valence electrons. The molecule has 0 aliphatic carbocycles. The number of hydrogen-bond donors (Lipinski definition) is 4. The van der Waals surface area contributed by atoms with E-state index in [1.165, 1.54) is 19.3 Å². The SMILES string of the molecule is C[C@@H](O)[C@H](NC(=O)c1cn[nH]c1)C(=O)O. The third-order valence-corrected chi connectivity index (χ3v) is 1.80. The molecule has 0 fully saturated rings. The number of aliphatic hydroxyl groups is 1. The molecule has 7 heteroatoms. The second-order valence-corrected chi connectivity index (χ2v) is 3.02. The molecule has 0 aliphatic heterocycles. The highest BCUT2D eigenvalue weighted by atomic mass is 16.4. The van der Waals surface area contributed by atoms with E-state index in [0.29, 0.717) is 0 Å². The quantitative estimate of drug-likeness (QED) is 0.510. The summed E-state index contributed by atoms with van der Waals surface area (Å²) in [7, 11) is 0. The molecule has 1 heterocycles. The smallest absolute Gasteiger partial charge is 0.328 e. The fourth-order valence-corrected chi connectivity index (χ4v) is 0.988. The molecule has 0 aliphatic rings. The number of carboxylic acids is 1. The number of carbonyl (C=O) groups excluding carboxylic acids is 1. The summed E-state index contributed by atoms with van der Waals surface area (Å²) in [5.41, 5.74) is 0.210. The second kappa shape index (κ2) is 4.56. The van der Waals surface area contributed by atoms with Gasteiger partial charge in [0.1, 0.15) is 0 Å². The van der Waals surface area contributed by atoms with Crippen molar-refractivity contribution >= 4 is 11.9 Å². The van der Waals surface area contributed by atoms with Gasteiger partial charge in [0.2, 0.25) is 0 Å². The summed E-state index contributed by atoms with van der Waals surface area (Å²) in [5.74, 6) is -1.89. The third kappa shape index (κ3) is 2.78. The van der Waals surface area contributed by atoms with Crippen molar-refractivity contribution in [1.82, 2.24) is 15.5 Å². The first-order valence-corrected chi connectivity index (χ1v) is 4.23.